The maximum atomic E-state index is 6.26. The van der Waals surface area contributed by atoms with Crippen LogP contribution in [0.4, 0.5) is 0 Å². The topological polar surface area (TPSA) is 66.0 Å². The van der Waals surface area contributed by atoms with Gasteiger partial charge in [-0.1, -0.05) is 27.7 Å². The van der Waals surface area contributed by atoms with E-state index in [-0.39, 0.29) is 17.6 Å². The fourth-order valence-electron chi connectivity index (χ4n) is 2.09. The first kappa shape index (κ1) is 14.1. The van der Waals surface area contributed by atoms with Crippen molar-refractivity contribution in [3.8, 4) is 0 Å². The average Bonchev–Trinajstić information content (AvgIpc) is 2.65. The molecule has 0 aliphatic carbocycles. The molecule has 0 saturated heterocycles. The molecule has 1 heterocycles. The van der Waals surface area contributed by atoms with E-state index in [2.05, 4.69) is 37.8 Å². The van der Waals surface area contributed by atoms with Crippen molar-refractivity contribution in [2.45, 2.75) is 52.8 Å². The summed E-state index contributed by atoms with van der Waals surface area (Å²) in [5.41, 5.74) is 6.23. The van der Waals surface area contributed by atoms with Gasteiger partial charge in [-0.05, 0) is 11.8 Å². The number of nitrogens with zero attached hydrogens (tertiary/aromatic N) is 3. The molecule has 1 aromatic heterocycles. The molecule has 5 nitrogen and oxygen atoms in total. The van der Waals surface area contributed by atoms with Gasteiger partial charge in [0.1, 0.15) is 12.2 Å². The molecule has 0 aliphatic rings. The van der Waals surface area contributed by atoms with Gasteiger partial charge in [-0.2, -0.15) is 5.10 Å². The van der Waals surface area contributed by atoms with Gasteiger partial charge in [0.15, 0.2) is 0 Å². The minimum Gasteiger partial charge on any atom is -0.379 e. The molecule has 0 aliphatic heterocycles. The van der Waals surface area contributed by atoms with Crippen LogP contribution in [0.15, 0.2) is 6.33 Å². The van der Waals surface area contributed by atoms with Crippen molar-refractivity contribution in [1.29, 1.82) is 0 Å². The van der Waals surface area contributed by atoms with Gasteiger partial charge in [0.05, 0.1) is 12.1 Å². The molecule has 0 saturated carbocycles. The van der Waals surface area contributed by atoms with Crippen molar-refractivity contribution in [3.63, 3.8) is 0 Å². The van der Waals surface area contributed by atoms with Crippen LogP contribution < -0.4 is 5.73 Å². The highest BCUT2D eigenvalue weighted by Crippen LogP contribution is 2.30. The third kappa shape index (κ3) is 3.26. The number of nitrogens with two attached hydrogens (primary N) is 1. The van der Waals surface area contributed by atoms with Crippen LogP contribution in [0.25, 0.3) is 0 Å². The fourth-order valence-corrected chi connectivity index (χ4v) is 2.09. The van der Waals surface area contributed by atoms with E-state index < -0.39 is 0 Å². The molecule has 1 rings (SSSR count). The van der Waals surface area contributed by atoms with Crippen molar-refractivity contribution in [2.75, 3.05) is 7.11 Å². The molecule has 17 heavy (non-hydrogen) atoms. The number of hydrogen-bond acceptors (Lipinski definition) is 4. The standard InChI is InChI=1S/C12H24N4O/c1-6-7-16-11(14-8-15-16)9(13)10(17-5)12(2,3)4/h8-10H,6-7,13H2,1-5H3. The van der Waals surface area contributed by atoms with Gasteiger partial charge in [0.25, 0.3) is 0 Å². The zero-order valence-electron chi connectivity index (χ0n) is 11.5. The lowest BCUT2D eigenvalue weighted by Gasteiger charge is -2.33. The summed E-state index contributed by atoms with van der Waals surface area (Å²) in [6, 6.07) is -0.256. The molecule has 0 amide bonds. The Labute approximate surface area is 103 Å². The molecule has 0 fully saturated rings. The number of rotatable bonds is 5. The van der Waals surface area contributed by atoms with Crippen LogP contribution >= 0.6 is 0 Å². The van der Waals surface area contributed by atoms with E-state index in [9.17, 15) is 0 Å². The molecule has 2 atom stereocenters. The Kier molecular flexibility index (Phi) is 4.65. The molecule has 2 unspecified atom stereocenters. The van der Waals surface area contributed by atoms with Crippen LogP contribution in [0.1, 0.15) is 46.0 Å². The molecule has 98 valence electrons. The summed E-state index contributed by atoms with van der Waals surface area (Å²) in [6.07, 6.45) is 2.48. The number of hydrogen-bond donors (Lipinski definition) is 1. The Bertz CT molecular complexity index is 343. The molecule has 0 radical (unpaired) electrons. The lowest BCUT2D eigenvalue weighted by atomic mass is 9.84. The highest BCUT2D eigenvalue weighted by Gasteiger charge is 2.33. The zero-order valence-corrected chi connectivity index (χ0v) is 11.5. The van der Waals surface area contributed by atoms with Gasteiger partial charge in [-0.25, -0.2) is 9.67 Å². The number of ether oxygens (including phenoxy) is 1. The molecular formula is C12H24N4O. The molecule has 5 heteroatoms. The maximum absolute atomic E-state index is 6.26. The minimum atomic E-state index is -0.256. The van der Waals surface area contributed by atoms with Crippen LogP contribution in [-0.2, 0) is 11.3 Å². The van der Waals surface area contributed by atoms with Gasteiger partial charge < -0.3 is 10.5 Å². The smallest absolute Gasteiger partial charge is 0.146 e. The third-order valence-electron chi connectivity index (χ3n) is 2.81. The largest absolute Gasteiger partial charge is 0.379 e. The first-order valence-electron chi connectivity index (χ1n) is 6.07. The summed E-state index contributed by atoms with van der Waals surface area (Å²) in [7, 11) is 1.69. The lowest BCUT2D eigenvalue weighted by Crippen LogP contribution is -2.40. The third-order valence-corrected chi connectivity index (χ3v) is 2.81. The van der Waals surface area contributed by atoms with E-state index in [1.807, 2.05) is 4.68 Å². The van der Waals surface area contributed by atoms with Gasteiger partial charge in [-0.3, -0.25) is 0 Å². The first-order chi connectivity index (χ1) is 7.91. The van der Waals surface area contributed by atoms with Crippen LogP contribution in [-0.4, -0.2) is 28.0 Å². The summed E-state index contributed by atoms with van der Waals surface area (Å²) in [5, 5.41) is 4.20. The van der Waals surface area contributed by atoms with Crippen LogP contribution in [0, 0.1) is 5.41 Å². The molecule has 1 aromatic rings. The molecule has 2 N–H and O–H groups in total. The van der Waals surface area contributed by atoms with Crippen molar-refractivity contribution >= 4 is 0 Å². The zero-order chi connectivity index (χ0) is 13.1. The minimum absolute atomic E-state index is 0.0306. The molecular weight excluding hydrogens is 216 g/mol. The van der Waals surface area contributed by atoms with E-state index in [4.69, 9.17) is 10.5 Å². The number of aromatic nitrogens is 3. The van der Waals surface area contributed by atoms with Crippen LogP contribution in [0.5, 0.6) is 0 Å². The Balaban J connectivity index is 2.93. The van der Waals surface area contributed by atoms with Crippen LogP contribution in [0.2, 0.25) is 0 Å². The fraction of sp³-hybridized carbons (Fsp3) is 0.833. The van der Waals surface area contributed by atoms with Crippen molar-refractivity contribution in [3.05, 3.63) is 12.2 Å². The van der Waals surface area contributed by atoms with E-state index in [1.54, 1.807) is 13.4 Å². The SMILES string of the molecule is CCCn1ncnc1C(N)C(OC)C(C)(C)C. The molecule has 0 bridgehead atoms. The van der Waals surface area contributed by atoms with Crippen molar-refractivity contribution in [1.82, 2.24) is 14.8 Å². The van der Waals surface area contributed by atoms with Crippen molar-refractivity contribution < 1.29 is 4.74 Å². The predicted molar refractivity (Wildman–Crippen MR) is 67.5 cm³/mol. The van der Waals surface area contributed by atoms with Crippen LogP contribution in [0.3, 0.4) is 0 Å². The first-order valence-corrected chi connectivity index (χ1v) is 6.07. The summed E-state index contributed by atoms with van der Waals surface area (Å²) >= 11 is 0. The maximum Gasteiger partial charge on any atom is 0.146 e. The van der Waals surface area contributed by atoms with Crippen molar-refractivity contribution in [2.24, 2.45) is 11.1 Å². The van der Waals surface area contributed by atoms with E-state index >= 15 is 0 Å². The normalized spacial score (nSPS) is 15.9. The highest BCUT2D eigenvalue weighted by atomic mass is 16.5. The van der Waals surface area contributed by atoms with E-state index in [0.29, 0.717) is 0 Å². The number of methoxy groups -OCH3 is 1. The summed E-state index contributed by atoms with van der Waals surface area (Å²) in [6.45, 7) is 9.28. The summed E-state index contributed by atoms with van der Waals surface area (Å²) in [5.74, 6) is 0.800. The second-order valence-electron chi connectivity index (χ2n) is 5.39. The average molecular weight is 240 g/mol. The molecule has 0 aromatic carbocycles. The second kappa shape index (κ2) is 5.60. The van der Waals surface area contributed by atoms with Gasteiger partial charge in [0, 0.05) is 13.7 Å². The van der Waals surface area contributed by atoms with Gasteiger partial charge >= 0.3 is 0 Å². The Hall–Kier alpha value is -0.940. The Morgan fingerprint density at radius 1 is 1.47 bits per heavy atom. The molecule has 0 spiro atoms. The van der Waals surface area contributed by atoms with E-state index in [0.717, 1.165) is 18.8 Å². The monoisotopic (exact) mass is 240 g/mol. The van der Waals surface area contributed by atoms with E-state index in [1.165, 1.54) is 0 Å². The Morgan fingerprint density at radius 3 is 2.59 bits per heavy atom. The highest BCUT2D eigenvalue weighted by molar-refractivity contribution is 5.00. The summed E-state index contributed by atoms with van der Waals surface area (Å²) < 4.78 is 7.39. The summed E-state index contributed by atoms with van der Waals surface area (Å²) in [4.78, 5) is 4.26. The van der Waals surface area contributed by atoms with Gasteiger partial charge in [-0.15, -0.1) is 0 Å². The van der Waals surface area contributed by atoms with Gasteiger partial charge in [0.2, 0.25) is 0 Å². The quantitative estimate of drug-likeness (QED) is 0.851. The predicted octanol–water partition coefficient (Wildman–Crippen LogP) is 1.75. The lowest BCUT2D eigenvalue weighted by molar-refractivity contribution is -0.00529. The second-order valence-corrected chi connectivity index (χ2v) is 5.39. The number of aryl methyl sites for hydroxylation is 1. The Morgan fingerprint density at radius 2 is 2.12 bits per heavy atom.